The Kier molecular flexibility index (Phi) is 5.42. The number of aromatic nitrogens is 1. The van der Waals surface area contributed by atoms with Crippen LogP contribution in [0.2, 0.25) is 5.02 Å². The quantitative estimate of drug-likeness (QED) is 0.755. The van der Waals surface area contributed by atoms with Gasteiger partial charge in [0.15, 0.2) is 5.92 Å². The van der Waals surface area contributed by atoms with E-state index in [1.165, 1.54) is 0 Å². The first-order valence-electron chi connectivity index (χ1n) is 8.33. The highest BCUT2D eigenvalue weighted by molar-refractivity contribution is 6.30. The second-order valence-electron chi connectivity index (χ2n) is 6.52. The average Bonchev–Trinajstić information content (AvgIpc) is 2.60. The number of anilines is 1. The van der Waals surface area contributed by atoms with Gasteiger partial charge in [0.2, 0.25) is 0 Å². The van der Waals surface area contributed by atoms with Gasteiger partial charge >= 0.3 is 11.9 Å². The van der Waals surface area contributed by atoms with Gasteiger partial charge in [0.25, 0.3) is 0 Å². The van der Waals surface area contributed by atoms with Crippen molar-refractivity contribution in [2.75, 3.05) is 11.4 Å². The second-order valence-corrected chi connectivity index (χ2v) is 6.96. The van der Waals surface area contributed by atoms with Crippen LogP contribution < -0.4 is 4.90 Å². The van der Waals surface area contributed by atoms with E-state index in [0.29, 0.717) is 24.5 Å². The molecule has 1 aromatic carbocycles. The predicted octanol–water partition coefficient (Wildman–Crippen LogP) is 3.09. The fourth-order valence-corrected chi connectivity index (χ4v) is 3.54. The number of benzene rings is 1. The summed E-state index contributed by atoms with van der Waals surface area (Å²) in [5, 5.41) is 18.9. The third-order valence-corrected chi connectivity index (χ3v) is 4.80. The molecule has 136 valence electrons. The van der Waals surface area contributed by atoms with Gasteiger partial charge in [0, 0.05) is 19.3 Å². The average molecular weight is 375 g/mol. The van der Waals surface area contributed by atoms with E-state index in [-0.39, 0.29) is 12.3 Å². The van der Waals surface area contributed by atoms with Crippen LogP contribution in [0.4, 0.5) is 5.69 Å². The minimum Gasteiger partial charge on any atom is -0.481 e. The molecule has 1 aromatic heterocycles. The Hall–Kier alpha value is -2.60. The van der Waals surface area contributed by atoms with Crippen LogP contribution in [0, 0.1) is 11.8 Å². The lowest BCUT2D eigenvalue weighted by molar-refractivity contribution is -0.155. The number of hydrogen-bond acceptors (Lipinski definition) is 4. The summed E-state index contributed by atoms with van der Waals surface area (Å²) >= 11 is 6.10. The molecule has 3 rings (SSSR count). The number of halogens is 1. The minimum atomic E-state index is -1.41. The van der Waals surface area contributed by atoms with Gasteiger partial charge in [-0.1, -0.05) is 41.9 Å². The Balaban J connectivity index is 1.86. The summed E-state index contributed by atoms with van der Waals surface area (Å²) in [7, 11) is 0. The van der Waals surface area contributed by atoms with E-state index in [1.54, 1.807) is 6.20 Å². The third kappa shape index (κ3) is 4.14. The number of carbonyl (C=O) groups is 2. The van der Waals surface area contributed by atoms with E-state index >= 15 is 0 Å². The minimum absolute atomic E-state index is 0.0691. The van der Waals surface area contributed by atoms with Crippen molar-refractivity contribution in [1.82, 2.24) is 4.98 Å². The Labute approximate surface area is 156 Å². The summed E-state index contributed by atoms with van der Waals surface area (Å²) in [5.74, 6) is -4.13. The summed E-state index contributed by atoms with van der Waals surface area (Å²) in [4.78, 5) is 29.0. The van der Waals surface area contributed by atoms with E-state index < -0.39 is 17.9 Å². The van der Waals surface area contributed by atoms with Gasteiger partial charge in [-0.15, -0.1) is 0 Å². The number of nitrogens with zero attached hydrogens (tertiary/aromatic N) is 2. The van der Waals surface area contributed by atoms with Crippen LogP contribution in [0.1, 0.15) is 17.7 Å². The van der Waals surface area contributed by atoms with Crippen LogP contribution in [0.25, 0.3) is 0 Å². The fourth-order valence-electron chi connectivity index (χ4n) is 3.39. The van der Waals surface area contributed by atoms with E-state index in [9.17, 15) is 19.8 Å². The zero-order chi connectivity index (χ0) is 18.7. The molecule has 1 aliphatic heterocycles. The lowest BCUT2D eigenvalue weighted by atomic mass is 9.87. The number of carboxylic acids is 2. The van der Waals surface area contributed by atoms with Crippen molar-refractivity contribution >= 4 is 29.2 Å². The third-order valence-electron chi connectivity index (χ3n) is 4.60. The summed E-state index contributed by atoms with van der Waals surface area (Å²) in [6.45, 7) is 1.18. The molecule has 2 aromatic rings. The lowest BCUT2D eigenvalue weighted by Crippen LogP contribution is -2.38. The first-order chi connectivity index (χ1) is 12.4. The molecule has 1 atom stereocenters. The number of aliphatic carboxylic acids is 2. The Morgan fingerprint density at radius 2 is 1.92 bits per heavy atom. The maximum absolute atomic E-state index is 11.2. The van der Waals surface area contributed by atoms with Crippen molar-refractivity contribution in [3.05, 3.63) is 58.9 Å². The highest BCUT2D eigenvalue weighted by atomic mass is 35.5. The molecule has 6 nitrogen and oxygen atoms in total. The molecule has 0 saturated carbocycles. The molecule has 0 fully saturated rings. The first-order valence-corrected chi connectivity index (χ1v) is 8.70. The van der Waals surface area contributed by atoms with Gasteiger partial charge < -0.3 is 15.1 Å². The molecule has 0 bridgehead atoms. The molecule has 0 radical (unpaired) electrons. The van der Waals surface area contributed by atoms with Crippen LogP contribution >= 0.6 is 11.6 Å². The van der Waals surface area contributed by atoms with Crippen molar-refractivity contribution in [3.8, 4) is 0 Å². The fraction of sp³-hybridized carbons (Fsp3) is 0.316. The molecule has 2 heterocycles. The molecule has 0 amide bonds. The lowest BCUT2D eigenvalue weighted by Gasteiger charge is -2.36. The highest BCUT2D eigenvalue weighted by Gasteiger charge is 2.33. The molecular weight excluding hydrogens is 356 g/mol. The molecule has 0 aliphatic carbocycles. The van der Waals surface area contributed by atoms with Crippen molar-refractivity contribution in [2.24, 2.45) is 11.8 Å². The molecule has 7 heteroatoms. The number of hydrogen-bond donors (Lipinski definition) is 2. The Morgan fingerprint density at radius 3 is 2.58 bits per heavy atom. The normalized spacial score (nSPS) is 16.4. The molecule has 26 heavy (non-hydrogen) atoms. The van der Waals surface area contributed by atoms with Crippen molar-refractivity contribution in [2.45, 2.75) is 19.4 Å². The number of rotatable bonds is 6. The van der Waals surface area contributed by atoms with Gasteiger partial charge in [-0.05, 0) is 30.4 Å². The molecule has 1 unspecified atom stereocenters. The van der Waals surface area contributed by atoms with Crippen LogP contribution in [0.5, 0.6) is 0 Å². The second kappa shape index (κ2) is 7.74. The Bertz CT molecular complexity index is 798. The van der Waals surface area contributed by atoms with E-state index in [1.807, 2.05) is 36.4 Å². The maximum Gasteiger partial charge on any atom is 0.317 e. The number of fused-ring (bicyclic) bond motifs is 1. The molecule has 2 N–H and O–H groups in total. The summed E-state index contributed by atoms with van der Waals surface area (Å²) in [5.41, 5.74) is 2.84. The molecular formula is C19H19ClN2O4. The van der Waals surface area contributed by atoms with E-state index in [4.69, 9.17) is 11.6 Å². The largest absolute Gasteiger partial charge is 0.481 e. The summed E-state index contributed by atoms with van der Waals surface area (Å²) < 4.78 is 0. The van der Waals surface area contributed by atoms with Crippen LogP contribution in [-0.4, -0.2) is 33.7 Å². The topological polar surface area (TPSA) is 90.7 Å². The first kappa shape index (κ1) is 18.2. The monoisotopic (exact) mass is 374 g/mol. The van der Waals surface area contributed by atoms with Crippen LogP contribution in [0.15, 0.2) is 42.6 Å². The van der Waals surface area contributed by atoms with Crippen LogP contribution in [-0.2, 0) is 22.6 Å². The number of carboxylic acid groups (broad SMARTS) is 2. The van der Waals surface area contributed by atoms with Gasteiger partial charge in [-0.3, -0.25) is 14.6 Å². The van der Waals surface area contributed by atoms with Crippen molar-refractivity contribution in [3.63, 3.8) is 0 Å². The molecule has 0 spiro atoms. The highest BCUT2D eigenvalue weighted by Crippen LogP contribution is 2.34. The summed E-state index contributed by atoms with van der Waals surface area (Å²) in [6.07, 6.45) is 2.17. The maximum atomic E-state index is 11.2. The van der Waals surface area contributed by atoms with Gasteiger partial charge in [0.1, 0.15) is 0 Å². The zero-order valence-corrected chi connectivity index (χ0v) is 14.8. The van der Waals surface area contributed by atoms with E-state index in [2.05, 4.69) is 9.88 Å². The summed E-state index contributed by atoms with van der Waals surface area (Å²) in [6, 6.07) is 11.7. The SMILES string of the molecule is O=C(O)C(CC1Cc2ncc(Cl)cc2N(Cc2ccccc2)C1)C(=O)O. The molecule has 1 aliphatic rings. The van der Waals surface area contributed by atoms with Gasteiger partial charge in [-0.2, -0.15) is 0 Å². The van der Waals surface area contributed by atoms with Gasteiger partial charge in [-0.25, -0.2) is 0 Å². The van der Waals surface area contributed by atoms with Crippen molar-refractivity contribution in [1.29, 1.82) is 0 Å². The van der Waals surface area contributed by atoms with Crippen LogP contribution in [0.3, 0.4) is 0 Å². The van der Waals surface area contributed by atoms with Crippen molar-refractivity contribution < 1.29 is 19.8 Å². The predicted molar refractivity (Wildman–Crippen MR) is 97.3 cm³/mol. The zero-order valence-electron chi connectivity index (χ0n) is 14.0. The van der Waals surface area contributed by atoms with E-state index in [0.717, 1.165) is 16.9 Å². The standard InChI is InChI=1S/C19H19ClN2O4/c20-14-8-17-16(21-9-14)7-13(6-15(18(23)24)19(25)26)11-22(17)10-12-4-2-1-3-5-12/h1-5,8-9,13,15H,6-7,10-11H2,(H,23,24)(H,25,26). The number of pyridine rings is 1. The van der Waals surface area contributed by atoms with Gasteiger partial charge in [0.05, 0.1) is 16.4 Å². The molecule has 0 saturated heterocycles. The smallest absolute Gasteiger partial charge is 0.317 e. The Morgan fingerprint density at radius 1 is 1.23 bits per heavy atom.